The Morgan fingerprint density at radius 3 is 2.63 bits per heavy atom. The molecule has 0 unspecified atom stereocenters. The van der Waals surface area contributed by atoms with Crippen molar-refractivity contribution in [2.75, 3.05) is 7.05 Å². The lowest BCUT2D eigenvalue weighted by Crippen LogP contribution is -2.26. The molecule has 0 bridgehead atoms. The first-order chi connectivity index (χ1) is 9.06. The Labute approximate surface area is 110 Å². The van der Waals surface area contributed by atoms with Crippen molar-refractivity contribution in [3.8, 4) is 5.75 Å². The van der Waals surface area contributed by atoms with Crippen LogP contribution in [0.25, 0.3) is 0 Å². The van der Waals surface area contributed by atoms with Crippen molar-refractivity contribution in [1.29, 1.82) is 0 Å². The summed E-state index contributed by atoms with van der Waals surface area (Å²) in [4.78, 5) is 17.1. The number of carbonyl (C=O) groups excluding carboxylic acids is 1. The van der Waals surface area contributed by atoms with Crippen molar-refractivity contribution in [2.45, 2.75) is 6.54 Å². The molecule has 5 heteroatoms. The number of benzene rings is 1. The van der Waals surface area contributed by atoms with Gasteiger partial charge in [0.05, 0.1) is 11.8 Å². The van der Waals surface area contributed by atoms with Crippen LogP contribution in [0, 0.1) is 5.82 Å². The van der Waals surface area contributed by atoms with Gasteiger partial charge in [-0.1, -0.05) is 12.1 Å². The van der Waals surface area contributed by atoms with Crippen LogP contribution in [0.3, 0.4) is 0 Å². The number of phenolic OH excluding ortho intramolecular Hbond substituents is 1. The molecule has 0 saturated carbocycles. The van der Waals surface area contributed by atoms with Gasteiger partial charge in [-0.05, 0) is 23.8 Å². The minimum absolute atomic E-state index is 0.173. The normalized spacial score (nSPS) is 10.2. The summed E-state index contributed by atoms with van der Waals surface area (Å²) in [6.45, 7) is 0.371. The van der Waals surface area contributed by atoms with Crippen LogP contribution < -0.4 is 0 Å². The molecule has 1 heterocycles. The topological polar surface area (TPSA) is 53.4 Å². The monoisotopic (exact) mass is 260 g/mol. The lowest BCUT2D eigenvalue weighted by atomic mass is 10.2. The van der Waals surface area contributed by atoms with Crippen LogP contribution >= 0.6 is 0 Å². The summed E-state index contributed by atoms with van der Waals surface area (Å²) < 4.78 is 13.0. The molecule has 0 radical (unpaired) electrons. The first-order valence-corrected chi connectivity index (χ1v) is 5.70. The van der Waals surface area contributed by atoms with Gasteiger partial charge in [-0.15, -0.1) is 0 Å². The average Bonchev–Trinajstić information content (AvgIpc) is 2.40. The predicted octanol–water partition coefficient (Wildman–Crippen LogP) is 2.20. The second kappa shape index (κ2) is 5.48. The Morgan fingerprint density at radius 1 is 1.32 bits per heavy atom. The van der Waals surface area contributed by atoms with Gasteiger partial charge in [-0.2, -0.15) is 0 Å². The van der Waals surface area contributed by atoms with Gasteiger partial charge >= 0.3 is 0 Å². The molecular weight excluding hydrogens is 247 g/mol. The van der Waals surface area contributed by atoms with Gasteiger partial charge in [0.15, 0.2) is 0 Å². The van der Waals surface area contributed by atoms with Gasteiger partial charge < -0.3 is 10.0 Å². The summed E-state index contributed by atoms with van der Waals surface area (Å²) in [5.74, 6) is -0.670. The van der Waals surface area contributed by atoms with Crippen molar-refractivity contribution in [3.05, 3.63) is 59.7 Å². The Kier molecular flexibility index (Phi) is 3.75. The SMILES string of the molecule is CN(Cc1ccc(O)cc1)C(=O)c1cncc(F)c1. The second-order valence-electron chi connectivity index (χ2n) is 4.22. The van der Waals surface area contributed by atoms with E-state index in [0.717, 1.165) is 17.8 Å². The third-order valence-electron chi connectivity index (χ3n) is 2.65. The van der Waals surface area contributed by atoms with E-state index in [-0.39, 0.29) is 17.2 Å². The highest BCUT2D eigenvalue weighted by Crippen LogP contribution is 2.12. The predicted molar refractivity (Wildman–Crippen MR) is 68.1 cm³/mol. The first-order valence-electron chi connectivity index (χ1n) is 5.70. The van der Waals surface area contributed by atoms with E-state index in [0.29, 0.717) is 6.54 Å². The number of hydrogen-bond donors (Lipinski definition) is 1. The molecule has 0 fully saturated rings. The van der Waals surface area contributed by atoms with E-state index in [2.05, 4.69) is 4.98 Å². The van der Waals surface area contributed by atoms with Gasteiger partial charge in [0, 0.05) is 19.8 Å². The lowest BCUT2D eigenvalue weighted by Gasteiger charge is -2.17. The zero-order chi connectivity index (χ0) is 13.8. The first kappa shape index (κ1) is 13.0. The number of phenols is 1. The molecule has 0 aliphatic rings. The minimum atomic E-state index is -0.538. The van der Waals surface area contributed by atoms with Crippen molar-refractivity contribution < 1.29 is 14.3 Å². The summed E-state index contributed by atoms with van der Waals surface area (Å²) >= 11 is 0. The van der Waals surface area contributed by atoms with Crippen LogP contribution in [0.2, 0.25) is 0 Å². The van der Waals surface area contributed by atoms with Crippen molar-refractivity contribution in [1.82, 2.24) is 9.88 Å². The molecule has 0 aliphatic heterocycles. The van der Waals surface area contributed by atoms with E-state index in [1.54, 1.807) is 31.3 Å². The van der Waals surface area contributed by atoms with Gasteiger partial charge in [0.25, 0.3) is 5.91 Å². The number of pyridine rings is 1. The van der Waals surface area contributed by atoms with Crippen LogP contribution in [0.5, 0.6) is 5.75 Å². The minimum Gasteiger partial charge on any atom is -0.508 e. The van der Waals surface area contributed by atoms with Crippen LogP contribution in [0.4, 0.5) is 4.39 Å². The Morgan fingerprint density at radius 2 is 2.00 bits per heavy atom. The standard InChI is InChI=1S/C14H13FN2O2/c1-17(9-10-2-4-13(18)5-3-10)14(19)11-6-12(15)8-16-7-11/h2-8,18H,9H2,1H3. The average molecular weight is 260 g/mol. The van der Waals surface area contributed by atoms with E-state index in [9.17, 15) is 14.3 Å². The van der Waals surface area contributed by atoms with E-state index in [4.69, 9.17) is 0 Å². The van der Waals surface area contributed by atoms with Crippen LogP contribution in [0.1, 0.15) is 15.9 Å². The fourth-order valence-electron chi connectivity index (χ4n) is 1.70. The third kappa shape index (κ3) is 3.28. The quantitative estimate of drug-likeness (QED) is 0.920. The maximum Gasteiger partial charge on any atom is 0.255 e. The number of halogens is 1. The van der Waals surface area contributed by atoms with E-state index < -0.39 is 5.82 Å². The molecule has 0 atom stereocenters. The molecule has 1 aromatic heterocycles. The molecule has 1 aromatic carbocycles. The summed E-state index contributed by atoms with van der Waals surface area (Å²) in [5, 5.41) is 9.18. The molecule has 98 valence electrons. The van der Waals surface area contributed by atoms with Gasteiger partial charge in [0.2, 0.25) is 0 Å². The molecule has 1 amide bonds. The molecule has 2 rings (SSSR count). The summed E-state index contributed by atoms with van der Waals surface area (Å²) in [6, 6.07) is 7.71. The zero-order valence-corrected chi connectivity index (χ0v) is 10.4. The number of amides is 1. The highest BCUT2D eigenvalue weighted by atomic mass is 19.1. The Balaban J connectivity index is 2.09. The van der Waals surface area contributed by atoms with Crippen LogP contribution in [-0.4, -0.2) is 27.9 Å². The molecule has 0 aliphatic carbocycles. The largest absolute Gasteiger partial charge is 0.508 e. The fraction of sp³-hybridized carbons (Fsp3) is 0.143. The maximum absolute atomic E-state index is 13.0. The number of rotatable bonds is 3. The summed E-state index contributed by atoms with van der Waals surface area (Å²) in [7, 11) is 1.63. The maximum atomic E-state index is 13.0. The number of nitrogens with zero attached hydrogens (tertiary/aromatic N) is 2. The molecule has 0 spiro atoms. The van der Waals surface area contributed by atoms with Gasteiger partial charge in [-0.3, -0.25) is 9.78 Å². The number of hydrogen-bond acceptors (Lipinski definition) is 3. The van der Waals surface area contributed by atoms with E-state index in [1.807, 2.05) is 0 Å². The lowest BCUT2D eigenvalue weighted by molar-refractivity contribution is 0.0784. The van der Waals surface area contributed by atoms with Crippen molar-refractivity contribution in [2.24, 2.45) is 0 Å². The molecule has 2 aromatic rings. The second-order valence-corrected chi connectivity index (χ2v) is 4.22. The van der Waals surface area contributed by atoms with Crippen molar-refractivity contribution in [3.63, 3.8) is 0 Å². The molecule has 0 saturated heterocycles. The number of carbonyl (C=O) groups is 1. The molecular formula is C14H13FN2O2. The highest BCUT2D eigenvalue weighted by molar-refractivity contribution is 5.93. The molecule has 1 N–H and O–H groups in total. The Hall–Kier alpha value is -2.43. The van der Waals surface area contributed by atoms with E-state index in [1.165, 1.54) is 11.1 Å². The van der Waals surface area contributed by atoms with Gasteiger partial charge in [0.1, 0.15) is 11.6 Å². The molecule has 4 nitrogen and oxygen atoms in total. The third-order valence-corrected chi connectivity index (χ3v) is 2.65. The molecule has 19 heavy (non-hydrogen) atoms. The van der Waals surface area contributed by atoms with Crippen molar-refractivity contribution >= 4 is 5.91 Å². The summed E-state index contributed by atoms with van der Waals surface area (Å²) in [5.41, 5.74) is 1.08. The van der Waals surface area contributed by atoms with E-state index >= 15 is 0 Å². The van der Waals surface area contributed by atoms with Gasteiger partial charge in [-0.25, -0.2) is 4.39 Å². The fourth-order valence-corrected chi connectivity index (χ4v) is 1.70. The zero-order valence-electron chi connectivity index (χ0n) is 10.4. The van der Waals surface area contributed by atoms with Crippen LogP contribution in [0.15, 0.2) is 42.7 Å². The highest BCUT2D eigenvalue weighted by Gasteiger charge is 2.13. The smallest absolute Gasteiger partial charge is 0.255 e. The van der Waals surface area contributed by atoms with Crippen LogP contribution in [-0.2, 0) is 6.54 Å². The Bertz CT molecular complexity index is 584. The summed E-state index contributed by atoms with van der Waals surface area (Å²) in [6.07, 6.45) is 2.38. The number of aromatic nitrogens is 1. The number of aromatic hydroxyl groups is 1.